The average Bonchev–Trinajstić information content (AvgIpc) is 2.51. The number of hydrogen-bond donors (Lipinski definition) is 1. The van der Waals surface area contributed by atoms with Crippen LogP contribution < -0.4 is 0 Å². The van der Waals surface area contributed by atoms with Gasteiger partial charge in [0.05, 0.1) is 13.5 Å². The van der Waals surface area contributed by atoms with Gasteiger partial charge in [0.25, 0.3) is 0 Å². The molecule has 3 aromatic carbocycles. The van der Waals surface area contributed by atoms with Gasteiger partial charge in [-0.25, -0.2) is 0 Å². The molecule has 0 atom stereocenters. The number of carbonyl (C=O) groups is 1. The third kappa shape index (κ3) is 1.88. The molecule has 0 aliphatic heterocycles. The molecule has 0 saturated heterocycles. The molecule has 0 aromatic heterocycles. The van der Waals surface area contributed by atoms with E-state index in [2.05, 4.69) is 0 Å². The van der Waals surface area contributed by atoms with E-state index in [1.165, 1.54) is 7.11 Å². The van der Waals surface area contributed by atoms with Crippen molar-refractivity contribution in [2.75, 3.05) is 7.11 Å². The zero-order valence-electron chi connectivity index (χ0n) is 11.1. The standard InChI is InChI=1S/C17H14O3/c1-20-16(18)10-15-13-8-3-2-6-11(13)12-7-4-5-9-14(12)17(15)19/h2-9,19H,10H2,1H3. The fourth-order valence-corrected chi connectivity index (χ4v) is 2.59. The molecule has 0 unspecified atom stereocenters. The van der Waals surface area contributed by atoms with Crippen LogP contribution in [0.3, 0.4) is 0 Å². The van der Waals surface area contributed by atoms with Gasteiger partial charge in [-0.1, -0.05) is 48.5 Å². The van der Waals surface area contributed by atoms with E-state index in [0.717, 1.165) is 21.5 Å². The van der Waals surface area contributed by atoms with E-state index in [1.54, 1.807) is 0 Å². The molecule has 0 amide bonds. The maximum Gasteiger partial charge on any atom is 0.310 e. The maximum atomic E-state index is 11.6. The first-order valence-electron chi connectivity index (χ1n) is 6.40. The lowest BCUT2D eigenvalue weighted by Crippen LogP contribution is -2.05. The topological polar surface area (TPSA) is 46.5 Å². The first-order valence-corrected chi connectivity index (χ1v) is 6.40. The van der Waals surface area contributed by atoms with Gasteiger partial charge in [-0.15, -0.1) is 0 Å². The van der Waals surface area contributed by atoms with Crippen LogP contribution in [0, 0.1) is 0 Å². The van der Waals surface area contributed by atoms with E-state index in [-0.39, 0.29) is 18.1 Å². The number of phenolic OH excluding ortho intramolecular Hbond substituents is 1. The SMILES string of the molecule is COC(=O)Cc1c(O)c2ccccc2c2ccccc12. The molecule has 20 heavy (non-hydrogen) atoms. The monoisotopic (exact) mass is 266 g/mol. The van der Waals surface area contributed by atoms with E-state index in [0.29, 0.717) is 5.56 Å². The second kappa shape index (κ2) is 4.85. The fraction of sp³-hybridized carbons (Fsp3) is 0.118. The number of carbonyl (C=O) groups excluding carboxylic acids is 1. The first-order chi connectivity index (χ1) is 9.72. The zero-order valence-corrected chi connectivity index (χ0v) is 11.1. The number of ether oxygens (including phenoxy) is 1. The summed E-state index contributed by atoms with van der Waals surface area (Å²) in [6.07, 6.45) is 0.0632. The summed E-state index contributed by atoms with van der Waals surface area (Å²) in [5, 5.41) is 14.1. The molecule has 0 heterocycles. The Morgan fingerprint density at radius 2 is 1.45 bits per heavy atom. The molecular formula is C17H14O3. The summed E-state index contributed by atoms with van der Waals surface area (Å²) in [7, 11) is 1.35. The van der Waals surface area contributed by atoms with E-state index in [4.69, 9.17) is 4.74 Å². The Balaban J connectivity index is 2.41. The van der Waals surface area contributed by atoms with Gasteiger partial charge in [-0.3, -0.25) is 4.79 Å². The minimum Gasteiger partial charge on any atom is -0.507 e. The van der Waals surface area contributed by atoms with Crippen LogP contribution in [-0.4, -0.2) is 18.2 Å². The molecule has 0 bridgehead atoms. The number of benzene rings is 3. The van der Waals surface area contributed by atoms with Gasteiger partial charge in [0.1, 0.15) is 5.75 Å². The van der Waals surface area contributed by atoms with Crippen LogP contribution in [0.2, 0.25) is 0 Å². The van der Waals surface area contributed by atoms with Crippen LogP contribution in [0.1, 0.15) is 5.56 Å². The molecule has 3 rings (SSSR count). The van der Waals surface area contributed by atoms with Crippen LogP contribution in [0.4, 0.5) is 0 Å². The molecule has 1 N–H and O–H groups in total. The predicted octanol–water partition coefficient (Wildman–Crippen LogP) is 3.41. The average molecular weight is 266 g/mol. The van der Waals surface area contributed by atoms with Gasteiger partial charge in [0.2, 0.25) is 0 Å². The quantitative estimate of drug-likeness (QED) is 0.571. The van der Waals surface area contributed by atoms with Crippen molar-refractivity contribution < 1.29 is 14.6 Å². The van der Waals surface area contributed by atoms with E-state index in [1.807, 2.05) is 48.5 Å². The third-order valence-electron chi connectivity index (χ3n) is 3.56. The first kappa shape index (κ1) is 12.5. The van der Waals surface area contributed by atoms with Gasteiger partial charge < -0.3 is 9.84 Å². The van der Waals surface area contributed by atoms with Crippen molar-refractivity contribution in [1.82, 2.24) is 0 Å². The minimum atomic E-state index is -0.360. The van der Waals surface area contributed by atoms with Gasteiger partial charge in [0, 0.05) is 10.9 Å². The molecule has 0 fully saturated rings. The summed E-state index contributed by atoms with van der Waals surface area (Å²) in [5.74, 6) is -0.203. The molecule has 0 radical (unpaired) electrons. The molecular weight excluding hydrogens is 252 g/mol. The summed E-state index contributed by atoms with van der Waals surface area (Å²) in [6.45, 7) is 0. The Labute approximate surface area is 116 Å². The highest BCUT2D eigenvalue weighted by Crippen LogP contribution is 2.37. The molecule has 0 aliphatic rings. The summed E-state index contributed by atoms with van der Waals surface area (Å²) in [5.41, 5.74) is 0.617. The molecule has 3 heteroatoms. The highest BCUT2D eigenvalue weighted by atomic mass is 16.5. The maximum absolute atomic E-state index is 11.6. The normalized spacial score (nSPS) is 10.8. The van der Waals surface area contributed by atoms with Crippen molar-refractivity contribution in [2.45, 2.75) is 6.42 Å². The third-order valence-corrected chi connectivity index (χ3v) is 3.56. The van der Waals surface area contributed by atoms with Gasteiger partial charge in [0.15, 0.2) is 0 Å². The Morgan fingerprint density at radius 3 is 2.05 bits per heavy atom. The van der Waals surface area contributed by atoms with Crippen molar-refractivity contribution in [2.24, 2.45) is 0 Å². The van der Waals surface area contributed by atoms with Gasteiger partial charge >= 0.3 is 5.97 Å². The van der Waals surface area contributed by atoms with Crippen LogP contribution >= 0.6 is 0 Å². The second-order valence-electron chi connectivity index (χ2n) is 4.67. The molecule has 100 valence electrons. The van der Waals surface area contributed by atoms with E-state index < -0.39 is 0 Å². The van der Waals surface area contributed by atoms with Crippen molar-refractivity contribution in [3.05, 3.63) is 54.1 Å². The van der Waals surface area contributed by atoms with Crippen LogP contribution in [-0.2, 0) is 16.0 Å². The van der Waals surface area contributed by atoms with Crippen LogP contribution in [0.25, 0.3) is 21.5 Å². The highest BCUT2D eigenvalue weighted by Gasteiger charge is 2.16. The molecule has 0 saturated carbocycles. The summed E-state index contributed by atoms with van der Waals surface area (Å²) >= 11 is 0. The predicted molar refractivity (Wildman–Crippen MR) is 78.8 cm³/mol. The van der Waals surface area contributed by atoms with Gasteiger partial charge in [-0.05, 0) is 16.2 Å². The largest absolute Gasteiger partial charge is 0.507 e. The van der Waals surface area contributed by atoms with E-state index in [9.17, 15) is 9.90 Å². The number of aromatic hydroxyl groups is 1. The number of phenols is 1. The number of fused-ring (bicyclic) bond motifs is 3. The molecule has 3 aromatic rings. The Morgan fingerprint density at radius 1 is 0.950 bits per heavy atom. The number of esters is 1. The van der Waals surface area contributed by atoms with Gasteiger partial charge in [-0.2, -0.15) is 0 Å². The minimum absolute atomic E-state index is 0.0632. The number of methoxy groups -OCH3 is 1. The lowest BCUT2D eigenvalue weighted by Gasteiger charge is -2.12. The Bertz CT molecular complexity index is 806. The van der Waals surface area contributed by atoms with Crippen LogP contribution in [0.15, 0.2) is 48.5 Å². The zero-order chi connectivity index (χ0) is 14.1. The van der Waals surface area contributed by atoms with E-state index >= 15 is 0 Å². The molecule has 0 spiro atoms. The smallest absolute Gasteiger partial charge is 0.310 e. The number of rotatable bonds is 2. The van der Waals surface area contributed by atoms with Crippen molar-refractivity contribution in [1.29, 1.82) is 0 Å². The Hall–Kier alpha value is -2.55. The summed E-state index contributed by atoms with van der Waals surface area (Å²) in [6, 6.07) is 15.4. The highest BCUT2D eigenvalue weighted by molar-refractivity contribution is 6.12. The van der Waals surface area contributed by atoms with Crippen molar-refractivity contribution >= 4 is 27.5 Å². The molecule has 0 aliphatic carbocycles. The van der Waals surface area contributed by atoms with Crippen molar-refractivity contribution in [3.63, 3.8) is 0 Å². The lowest BCUT2D eigenvalue weighted by molar-refractivity contribution is -0.139. The second-order valence-corrected chi connectivity index (χ2v) is 4.67. The van der Waals surface area contributed by atoms with Crippen LogP contribution in [0.5, 0.6) is 5.75 Å². The number of hydrogen-bond acceptors (Lipinski definition) is 3. The fourth-order valence-electron chi connectivity index (χ4n) is 2.59. The summed E-state index contributed by atoms with van der Waals surface area (Å²) < 4.78 is 4.72. The Kier molecular flexibility index (Phi) is 3.03. The van der Waals surface area contributed by atoms with Crippen molar-refractivity contribution in [3.8, 4) is 5.75 Å². The molecule has 3 nitrogen and oxygen atoms in total. The summed E-state index contributed by atoms with van der Waals surface area (Å²) in [4.78, 5) is 11.6. The lowest BCUT2D eigenvalue weighted by atomic mass is 9.94.